The summed E-state index contributed by atoms with van der Waals surface area (Å²) in [6.07, 6.45) is 5.70. The average Bonchev–Trinajstić information content (AvgIpc) is 2.52. The van der Waals surface area contributed by atoms with Gasteiger partial charge in [0.05, 0.1) is 0 Å². The van der Waals surface area contributed by atoms with Gasteiger partial charge >= 0.3 is 0 Å². The van der Waals surface area contributed by atoms with Crippen molar-refractivity contribution >= 4 is 11.8 Å². The lowest BCUT2D eigenvalue weighted by atomic mass is 10.1. The van der Waals surface area contributed by atoms with Gasteiger partial charge in [-0.2, -0.15) is 0 Å². The molecular formula is C13H24N2O2. The average molecular weight is 240 g/mol. The molecule has 1 atom stereocenters. The molecule has 0 saturated carbocycles. The molecule has 4 nitrogen and oxygen atoms in total. The third kappa shape index (κ3) is 5.20. The molecule has 2 amide bonds. The monoisotopic (exact) mass is 240 g/mol. The van der Waals surface area contributed by atoms with Crippen molar-refractivity contribution in [3.05, 3.63) is 0 Å². The van der Waals surface area contributed by atoms with E-state index in [0.717, 1.165) is 38.6 Å². The maximum Gasteiger partial charge on any atom is 0.220 e. The van der Waals surface area contributed by atoms with Crippen molar-refractivity contribution in [2.24, 2.45) is 0 Å². The van der Waals surface area contributed by atoms with E-state index < -0.39 is 0 Å². The van der Waals surface area contributed by atoms with Crippen molar-refractivity contribution < 1.29 is 9.59 Å². The van der Waals surface area contributed by atoms with Gasteiger partial charge in [-0.1, -0.05) is 13.3 Å². The molecule has 1 fully saturated rings. The van der Waals surface area contributed by atoms with E-state index in [1.54, 1.807) is 6.92 Å². The second kappa shape index (κ2) is 7.30. The fourth-order valence-corrected chi connectivity index (χ4v) is 2.18. The fourth-order valence-electron chi connectivity index (χ4n) is 2.18. The lowest BCUT2D eigenvalue weighted by Crippen LogP contribution is -2.44. The highest BCUT2D eigenvalue weighted by atomic mass is 16.2. The number of rotatable bonds is 4. The van der Waals surface area contributed by atoms with Crippen LogP contribution in [0.5, 0.6) is 0 Å². The van der Waals surface area contributed by atoms with Crippen LogP contribution in [0.3, 0.4) is 0 Å². The lowest BCUT2D eigenvalue weighted by molar-refractivity contribution is -0.130. The number of nitrogens with one attached hydrogen (secondary N) is 1. The van der Waals surface area contributed by atoms with Crippen molar-refractivity contribution in [3.63, 3.8) is 0 Å². The number of likely N-dealkylation sites (tertiary alicyclic amines) is 1. The molecule has 4 heteroatoms. The second-order valence-electron chi connectivity index (χ2n) is 4.83. The van der Waals surface area contributed by atoms with Crippen LogP contribution < -0.4 is 5.32 Å². The molecule has 1 saturated heterocycles. The van der Waals surface area contributed by atoms with E-state index in [0.29, 0.717) is 13.0 Å². The number of unbranched alkanes of at least 4 members (excludes halogenated alkanes) is 1. The zero-order valence-electron chi connectivity index (χ0n) is 11.0. The smallest absolute Gasteiger partial charge is 0.220 e. The highest BCUT2D eigenvalue weighted by Crippen LogP contribution is 2.11. The number of amides is 2. The van der Waals surface area contributed by atoms with Gasteiger partial charge in [0.2, 0.25) is 11.8 Å². The van der Waals surface area contributed by atoms with E-state index in [-0.39, 0.29) is 17.9 Å². The summed E-state index contributed by atoms with van der Waals surface area (Å²) in [6.45, 7) is 5.18. The molecule has 1 aliphatic rings. The third-order valence-corrected chi connectivity index (χ3v) is 3.24. The minimum atomic E-state index is 0.111. The zero-order valence-corrected chi connectivity index (χ0v) is 11.0. The van der Waals surface area contributed by atoms with Crippen molar-refractivity contribution in [2.75, 3.05) is 13.1 Å². The first kappa shape index (κ1) is 14.0. The van der Waals surface area contributed by atoms with E-state index >= 15 is 0 Å². The van der Waals surface area contributed by atoms with Crippen LogP contribution in [0.25, 0.3) is 0 Å². The maximum absolute atomic E-state index is 11.6. The van der Waals surface area contributed by atoms with Gasteiger partial charge in [-0.25, -0.2) is 0 Å². The van der Waals surface area contributed by atoms with Gasteiger partial charge < -0.3 is 10.2 Å². The Morgan fingerprint density at radius 3 is 2.76 bits per heavy atom. The van der Waals surface area contributed by atoms with Crippen LogP contribution in [-0.2, 0) is 9.59 Å². The summed E-state index contributed by atoms with van der Waals surface area (Å²) < 4.78 is 0. The number of carbonyl (C=O) groups is 2. The van der Waals surface area contributed by atoms with Gasteiger partial charge in [-0.15, -0.1) is 0 Å². The van der Waals surface area contributed by atoms with Gasteiger partial charge in [0.1, 0.15) is 0 Å². The molecule has 1 aliphatic heterocycles. The summed E-state index contributed by atoms with van der Waals surface area (Å²) in [4.78, 5) is 24.9. The molecular weight excluding hydrogens is 216 g/mol. The van der Waals surface area contributed by atoms with Crippen LogP contribution in [0.2, 0.25) is 0 Å². The van der Waals surface area contributed by atoms with Crippen molar-refractivity contribution in [1.82, 2.24) is 10.2 Å². The highest BCUT2D eigenvalue weighted by molar-refractivity contribution is 5.76. The quantitative estimate of drug-likeness (QED) is 0.813. The highest BCUT2D eigenvalue weighted by Gasteiger charge is 2.20. The van der Waals surface area contributed by atoms with Gasteiger partial charge in [0.25, 0.3) is 0 Å². The van der Waals surface area contributed by atoms with Crippen molar-refractivity contribution in [1.29, 1.82) is 0 Å². The van der Waals surface area contributed by atoms with E-state index in [9.17, 15) is 9.59 Å². The molecule has 1 unspecified atom stereocenters. The first-order chi connectivity index (χ1) is 8.13. The second-order valence-corrected chi connectivity index (χ2v) is 4.83. The number of carbonyl (C=O) groups excluding carboxylic acids is 2. The minimum Gasteiger partial charge on any atom is -0.352 e. The molecule has 1 heterocycles. The summed E-state index contributed by atoms with van der Waals surface area (Å²) in [6, 6.07) is 0.144. The standard InChI is InChI=1S/C13H24N2O2/c1-3-4-8-13(17)14-12-7-5-6-9-15(10-12)11(2)16/h12H,3-10H2,1-2H3,(H,14,17). The Labute approximate surface area is 104 Å². The van der Waals surface area contributed by atoms with E-state index in [2.05, 4.69) is 12.2 Å². The van der Waals surface area contributed by atoms with Gasteiger partial charge in [0, 0.05) is 32.5 Å². The van der Waals surface area contributed by atoms with Crippen LogP contribution in [-0.4, -0.2) is 35.8 Å². The molecule has 98 valence electrons. The molecule has 0 spiro atoms. The molecule has 1 rings (SSSR count). The third-order valence-electron chi connectivity index (χ3n) is 3.24. The van der Waals surface area contributed by atoms with E-state index in [1.165, 1.54) is 0 Å². The van der Waals surface area contributed by atoms with Crippen molar-refractivity contribution in [2.45, 2.75) is 58.4 Å². The van der Waals surface area contributed by atoms with Gasteiger partial charge in [0.15, 0.2) is 0 Å². The largest absolute Gasteiger partial charge is 0.352 e. The SMILES string of the molecule is CCCCC(=O)NC1CCCCN(C(C)=O)C1. The van der Waals surface area contributed by atoms with Crippen LogP contribution in [0, 0.1) is 0 Å². The lowest BCUT2D eigenvalue weighted by Gasteiger charge is -2.24. The Morgan fingerprint density at radius 2 is 2.12 bits per heavy atom. The van der Waals surface area contributed by atoms with Crippen molar-refractivity contribution in [3.8, 4) is 0 Å². The number of hydrogen-bond donors (Lipinski definition) is 1. The van der Waals surface area contributed by atoms with E-state index in [4.69, 9.17) is 0 Å². The first-order valence-corrected chi connectivity index (χ1v) is 6.68. The topological polar surface area (TPSA) is 49.4 Å². The first-order valence-electron chi connectivity index (χ1n) is 6.68. The molecule has 0 aromatic carbocycles. The molecule has 0 aliphatic carbocycles. The Kier molecular flexibility index (Phi) is 6.01. The normalized spacial score (nSPS) is 20.8. The predicted octanol–water partition coefficient (Wildman–Crippen LogP) is 1.69. The maximum atomic E-state index is 11.6. The van der Waals surface area contributed by atoms with Crippen LogP contribution in [0.15, 0.2) is 0 Å². The molecule has 0 radical (unpaired) electrons. The molecule has 0 aromatic heterocycles. The molecule has 0 bridgehead atoms. The van der Waals surface area contributed by atoms with Crippen LogP contribution in [0.1, 0.15) is 52.4 Å². The fraction of sp³-hybridized carbons (Fsp3) is 0.846. The molecule has 0 aromatic rings. The van der Waals surface area contributed by atoms with Crippen LogP contribution >= 0.6 is 0 Å². The Balaban J connectivity index is 2.40. The van der Waals surface area contributed by atoms with E-state index in [1.807, 2.05) is 4.90 Å². The summed E-state index contributed by atoms with van der Waals surface area (Å²) >= 11 is 0. The minimum absolute atomic E-state index is 0.111. The Morgan fingerprint density at radius 1 is 1.35 bits per heavy atom. The summed E-state index contributed by atoms with van der Waals surface area (Å²) in [5.41, 5.74) is 0. The molecule has 17 heavy (non-hydrogen) atoms. The summed E-state index contributed by atoms with van der Waals surface area (Å²) in [5.74, 6) is 0.238. The predicted molar refractivity (Wildman–Crippen MR) is 67.6 cm³/mol. The molecule has 1 N–H and O–H groups in total. The van der Waals surface area contributed by atoms with Gasteiger partial charge in [-0.3, -0.25) is 9.59 Å². The number of hydrogen-bond acceptors (Lipinski definition) is 2. The Hall–Kier alpha value is -1.06. The summed E-state index contributed by atoms with van der Waals surface area (Å²) in [7, 11) is 0. The Bertz CT molecular complexity index is 266. The number of nitrogens with zero attached hydrogens (tertiary/aromatic N) is 1. The summed E-state index contributed by atoms with van der Waals surface area (Å²) in [5, 5.41) is 3.05. The van der Waals surface area contributed by atoms with Gasteiger partial charge in [-0.05, 0) is 25.7 Å². The zero-order chi connectivity index (χ0) is 12.7. The van der Waals surface area contributed by atoms with Crippen LogP contribution in [0.4, 0.5) is 0 Å².